The third-order valence-electron chi connectivity index (χ3n) is 7.08. The predicted octanol–water partition coefficient (Wildman–Crippen LogP) is 3.70. The van der Waals surface area contributed by atoms with Crippen LogP contribution in [0.2, 0.25) is 0 Å². The highest BCUT2D eigenvalue weighted by Gasteiger charge is 2.29. The molecule has 1 amide bonds. The maximum Gasteiger partial charge on any atom is 0.254 e. The van der Waals surface area contributed by atoms with Gasteiger partial charge in [-0.1, -0.05) is 12.1 Å². The zero-order valence-corrected chi connectivity index (χ0v) is 19.4. The normalized spacial score (nSPS) is 20.7. The summed E-state index contributed by atoms with van der Waals surface area (Å²) in [6.07, 6.45) is 2.23. The number of fused-ring (bicyclic) bond motifs is 2. The quantitative estimate of drug-likeness (QED) is 0.574. The van der Waals surface area contributed by atoms with E-state index >= 15 is 0 Å². The number of hydrogen-bond donors (Lipinski definition) is 0. The van der Waals surface area contributed by atoms with E-state index in [1.165, 1.54) is 10.1 Å². The smallest absolute Gasteiger partial charge is 0.254 e. The standard InChI is InChI=1S/C25H28N4O3S/c30-25(19-5-6-21-22(15-19)32-17-31-21)29-10-8-18(16-29)7-9-27-11-13-28(14-12-27)24-20-3-1-2-4-23(20)33-26-24/h1-6,15,18H,7-14,16-17H2/t18-/m0/s1. The Kier molecular flexibility index (Phi) is 5.55. The van der Waals surface area contributed by atoms with Crippen LogP contribution >= 0.6 is 11.5 Å². The zero-order chi connectivity index (χ0) is 22.2. The molecular formula is C25H28N4O3S. The molecule has 0 N–H and O–H groups in total. The molecule has 0 spiro atoms. The monoisotopic (exact) mass is 464 g/mol. The zero-order valence-electron chi connectivity index (χ0n) is 18.6. The van der Waals surface area contributed by atoms with Crippen molar-refractivity contribution in [2.45, 2.75) is 12.8 Å². The van der Waals surface area contributed by atoms with Crippen molar-refractivity contribution in [3.63, 3.8) is 0 Å². The Morgan fingerprint density at radius 2 is 1.88 bits per heavy atom. The molecule has 8 heteroatoms. The maximum absolute atomic E-state index is 12.9. The van der Waals surface area contributed by atoms with Crippen molar-refractivity contribution >= 4 is 33.3 Å². The van der Waals surface area contributed by atoms with Gasteiger partial charge in [0.15, 0.2) is 11.5 Å². The number of rotatable bonds is 5. The van der Waals surface area contributed by atoms with Gasteiger partial charge in [0.1, 0.15) is 5.82 Å². The summed E-state index contributed by atoms with van der Waals surface area (Å²) in [7, 11) is 0. The molecule has 2 aromatic carbocycles. The molecule has 3 aliphatic heterocycles. The van der Waals surface area contributed by atoms with Crippen molar-refractivity contribution in [3.8, 4) is 11.5 Å². The van der Waals surface area contributed by atoms with Crippen LogP contribution in [0.1, 0.15) is 23.2 Å². The minimum Gasteiger partial charge on any atom is -0.454 e. The average molecular weight is 465 g/mol. The van der Waals surface area contributed by atoms with Gasteiger partial charge in [-0.3, -0.25) is 9.69 Å². The average Bonchev–Trinajstić information content (AvgIpc) is 3.61. The number of aromatic nitrogens is 1. The van der Waals surface area contributed by atoms with Crippen molar-refractivity contribution in [2.24, 2.45) is 5.92 Å². The lowest BCUT2D eigenvalue weighted by atomic mass is 10.0. The fraction of sp³-hybridized carbons (Fsp3) is 0.440. The van der Waals surface area contributed by atoms with Gasteiger partial charge in [0.2, 0.25) is 6.79 Å². The van der Waals surface area contributed by atoms with Crippen LogP contribution in [-0.4, -0.2) is 72.7 Å². The van der Waals surface area contributed by atoms with Crippen LogP contribution in [0, 0.1) is 5.92 Å². The molecule has 2 fully saturated rings. The summed E-state index contributed by atoms with van der Waals surface area (Å²) < 4.78 is 16.8. The van der Waals surface area contributed by atoms with E-state index in [0.29, 0.717) is 23.0 Å². The SMILES string of the molecule is O=C(c1ccc2c(c1)OCO2)N1CC[C@H](CCN2CCN(c3nsc4ccccc34)CC2)C1. The Morgan fingerprint density at radius 1 is 1.03 bits per heavy atom. The Bertz CT molecular complexity index is 1160. The third-order valence-corrected chi connectivity index (χ3v) is 7.89. The summed E-state index contributed by atoms with van der Waals surface area (Å²) >= 11 is 1.59. The molecule has 0 unspecified atom stereocenters. The van der Waals surface area contributed by atoms with Crippen LogP contribution in [0.25, 0.3) is 10.1 Å². The van der Waals surface area contributed by atoms with Crippen molar-refractivity contribution < 1.29 is 14.3 Å². The number of nitrogens with zero attached hydrogens (tertiary/aromatic N) is 4. The molecule has 7 nitrogen and oxygen atoms in total. The first-order valence-electron chi connectivity index (χ1n) is 11.8. The van der Waals surface area contributed by atoms with E-state index in [0.717, 1.165) is 64.5 Å². The van der Waals surface area contributed by atoms with Crippen LogP contribution in [0.3, 0.4) is 0 Å². The summed E-state index contributed by atoms with van der Waals surface area (Å²) in [5, 5.41) is 1.27. The number of hydrogen-bond acceptors (Lipinski definition) is 7. The van der Waals surface area contributed by atoms with Gasteiger partial charge < -0.3 is 19.3 Å². The first-order valence-corrected chi connectivity index (χ1v) is 12.5. The number of piperazine rings is 1. The fourth-order valence-corrected chi connectivity index (χ4v) is 5.91. The van der Waals surface area contributed by atoms with Crippen LogP contribution in [0.4, 0.5) is 5.82 Å². The lowest BCUT2D eigenvalue weighted by Gasteiger charge is -2.35. The summed E-state index contributed by atoms with van der Waals surface area (Å²) in [6.45, 7) is 7.19. The highest BCUT2D eigenvalue weighted by atomic mass is 32.1. The largest absolute Gasteiger partial charge is 0.454 e. The number of likely N-dealkylation sites (tertiary alicyclic amines) is 1. The minimum absolute atomic E-state index is 0.0971. The third kappa shape index (κ3) is 4.13. The summed E-state index contributed by atoms with van der Waals surface area (Å²) in [5.74, 6) is 3.20. The van der Waals surface area contributed by atoms with Crippen LogP contribution in [-0.2, 0) is 0 Å². The lowest BCUT2D eigenvalue weighted by molar-refractivity contribution is 0.0785. The summed E-state index contributed by atoms with van der Waals surface area (Å²) in [5.41, 5.74) is 0.686. The Morgan fingerprint density at radius 3 is 2.79 bits per heavy atom. The van der Waals surface area contributed by atoms with Gasteiger partial charge in [0, 0.05) is 50.2 Å². The van der Waals surface area contributed by atoms with E-state index in [4.69, 9.17) is 13.8 Å². The highest BCUT2D eigenvalue weighted by Crippen LogP contribution is 2.34. The lowest BCUT2D eigenvalue weighted by Crippen LogP contribution is -2.47. The molecular weight excluding hydrogens is 436 g/mol. The van der Waals surface area contributed by atoms with Crippen molar-refractivity contribution in [1.82, 2.24) is 14.2 Å². The second kappa shape index (κ2) is 8.83. The molecule has 1 aromatic heterocycles. The van der Waals surface area contributed by atoms with Gasteiger partial charge in [-0.2, -0.15) is 4.37 Å². The van der Waals surface area contributed by atoms with Crippen LogP contribution in [0.5, 0.6) is 11.5 Å². The van der Waals surface area contributed by atoms with E-state index in [1.54, 1.807) is 11.5 Å². The highest BCUT2D eigenvalue weighted by molar-refractivity contribution is 7.13. The van der Waals surface area contributed by atoms with Crippen LogP contribution < -0.4 is 14.4 Å². The second-order valence-electron chi connectivity index (χ2n) is 9.09. The molecule has 2 saturated heterocycles. The first kappa shape index (κ1) is 20.7. The topological polar surface area (TPSA) is 58.1 Å². The molecule has 3 aromatic rings. The van der Waals surface area contributed by atoms with Gasteiger partial charge in [0.25, 0.3) is 5.91 Å². The van der Waals surface area contributed by atoms with E-state index in [1.807, 2.05) is 23.1 Å². The number of carbonyl (C=O) groups is 1. The van der Waals surface area contributed by atoms with Gasteiger partial charge in [0.05, 0.1) is 4.70 Å². The minimum atomic E-state index is 0.0971. The second-order valence-corrected chi connectivity index (χ2v) is 9.90. The number of benzene rings is 2. The molecule has 172 valence electrons. The summed E-state index contributed by atoms with van der Waals surface area (Å²) in [4.78, 5) is 19.9. The Hall–Kier alpha value is -2.84. The van der Waals surface area contributed by atoms with Crippen molar-refractivity contribution in [3.05, 3.63) is 48.0 Å². The predicted molar refractivity (Wildman–Crippen MR) is 129 cm³/mol. The molecule has 0 saturated carbocycles. The molecule has 0 bridgehead atoms. The number of anilines is 1. The van der Waals surface area contributed by atoms with E-state index in [-0.39, 0.29) is 12.7 Å². The van der Waals surface area contributed by atoms with Crippen molar-refractivity contribution in [1.29, 1.82) is 0 Å². The summed E-state index contributed by atoms with van der Waals surface area (Å²) in [6, 6.07) is 14.0. The molecule has 0 radical (unpaired) electrons. The maximum atomic E-state index is 12.9. The Labute approximate surface area is 197 Å². The fourth-order valence-electron chi connectivity index (χ4n) is 5.11. The van der Waals surface area contributed by atoms with Gasteiger partial charge in [-0.05, 0) is 67.2 Å². The Balaban J connectivity index is 0.983. The molecule has 3 aliphatic rings. The first-order chi connectivity index (χ1) is 16.2. The van der Waals surface area contributed by atoms with E-state index < -0.39 is 0 Å². The molecule has 4 heterocycles. The number of amides is 1. The van der Waals surface area contributed by atoms with Gasteiger partial charge in [-0.15, -0.1) is 0 Å². The molecule has 1 atom stereocenters. The van der Waals surface area contributed by atoms with E-state index in [2.05, 4.69) is 34.1 Å². The van der Waals surface area contributed by atoms with Crippen LogP contribution in [0.15, 0.2) is 42.5 Å². The van der Waals surface area contributed by atoms with Gasteiger partial charge >= 0.3 is 0 Å². The molecule has 0 aliphatic carbocycles. The molecule has 6 rings (SSSR count). The van der Waals surface area contributed by atoms with E-state index in [9.17, 15) is 4.79 Å². The number of carbonyl (C=O) groups excluding carboxylic acids is 1. The van der Waals surface area contributed by atoms with Crippen molar-refractivity contribution in [2.75, 3.05) is 57.5 Å². The number of ether oxygens (including phenoxy) is 2. The van der Waals surface area contributed by atoms with Gasteiger partial charge in [-0.25, -0.2) is 0 Å². The molecule has 33 heavy (non-hydrogen) atoms.